The summed E-state index contributed by atoms with van der Waals surface area (Å²) in [4.78, 5) is 14.6. The third-order valence-electron chi connectivity index (χ3n) is 4.54. The van der Waals surface area contributed by atoms with Gasteiger partial charge >= 0.3 is 0 Å². The summed E-state index contributed by atoms with van der Waals surface area (Å²) < 4.78 is 0. The van der Waals surface area contributed by atoms with Crippen LogP contribution in [0.15, 0.2) is 6.33 Å². The van der Waals surface area contributed by atoms with E-state index in [1.165, 1.54) is 40.9 Å². The number of rotatable bonds is 5. The first-order chi connectivity index (χ1) is 11.0. The van der Waals surface area contributed by atoms with Crippen molar-refractivity contribution in [3.05, 3.63) is 16.8 Å². The fraction of sp³-hybridized carbons (Fsp3) is 0.684. The van der Waals surface area contributed by atoms with Crippen molar-refractivity contribution >= 4 is 27.4 Å². The Morgan fingerprint density at radius 1 is 1.17 bits per heavy atom. The van der Waals surface area contributed by atoms with Crippen LogP contribution < -0.4 is 4.90 Å². The zero-order valence-electron chi connectivity index (χ0n) is 15.1. The first kappa shape index (κ1) is 16.7. The summed E-state index contributed by atoms with van der Waals surface area (Å²) >= 11 is 1.90. The van der Waals surface area contributed by atoms with E-state index in [2.05, 4.69) is 44.5 Å². The summed E-state index contributed by atoms with van der Waals surface area (Å²) in [5.41, 5.74) is 1.54. The number of fused-ring (bicyclic) bond motifs is 3. The van der Waals surface area contributed by atoms with Gasteiger partial charge in [-0.25, -0.2) is 9.97 Å². The summed E-state index contributed by atoms with van der Waals surface area (Å²) in [6.45, 7) is 13.6. The van der Waals surface area contributed by atoms with Crippen molar-refractivity contribution in [1.82, 2.24) is 9.97 Å². The minimum absolute atomic E-state index is 0.633. The summed E-state index contributed by atoms with van der Waals surface area (Å²) in [7, 11) is 0. The molecule has 2 heterocycles. The predicted octanol–water partition coefficient (Wildman–Crippen LogP) is 4.93. The van der Waals surface area contributed by atoms with Gasteiger partial charge in [0.25, 0.3) is 0 Å². The van der Waals surface area contributed by atoms with Gasteiger partial charge in [-0.2, -0.15) is 0 Å². The zero-order valence-corrected chi connectivity index (χ0v) is 15.9. The topological polar surface area (TPSA) is 29.0 Å². The molecule has 0 saturated heterocycles. The number of anilines is 1. The predicted molar refractivity (Wildman–Crippen MR) is 100 cm³/mol. The van der Waals surface area contributed by atoms with Gasteiger partial charge in [-0.3, -0.25) is 0 Å². The molecule has 23 heavy (non-hydrogen) atoms. The Bertz CT molecular complexity index is 665. The lowest BCUT2D eigenvalue weighted by Crippen LogP contribution is -2.32. The van der Waals surface area contributed by atoms with E-state index in [-0.39, 0.29) is 0 Å². The van der Waals surface area contributed by atoms with E-state index in [1.54, 1.807) is 11.2 Å². The summed E-state index contributed by atoms with van der Waals surface area (Å²) in [5, 5.41) is 1.35. The van der Waals surface area contributed by atoms with E-state index >= 15 is 0 Å². The molecule has 1 aliphatic carbocycles. The summed E-state index contributed by atoms with van der Waals surface area (Å²) in [6, 6.07) is 0. The molecule has 1 atom stereocenters. The average molecular weight is 332 g/mol. The first-order valence-corrected chi connectivity index (χ1v) is 9.77. The highest BCUT2D eigenvalue weighted by Crippen LogP contribution is 2.40. The van der Waals surface area contributed by atoms with Crippen molar-refractivity contribution in [2.24, 2.45) is 17.8 Å². The second kappa shape index (κ2) is 6.76. The van der Waals surface area contributed by atoms with Gasteiger partial charge in [0.2, 0.25) is 0 Å². The lowest BCUT2D eigenvalue weighted by molar-refractivity contribution is 0.509. The Balaban J connectivity index is 2.08. The van der Waals surface area contributed by atoms with Crippen molar-refractivity contribution in [2.75, 3.05) is 18.0 Å². The van der Waals surface area contributed by atoms with Crippen LogP contribution >= 0.6 is 11.3 Å². The third kappa shape index (κ3) is 3.52. The second-order valence-corrected chi connectivity index (χ2v) is 9.01. The molecule has 4 heteroatoms. The molecule has 0 bridgehead atoms. The number of aryl methyl sites for hydroxylation is 1. The molecular weight excluding hydrogens is 302 g/mol. The lowest BCUT2D eigenvalue weighted by atomic mass is 9.89. The molecule has 3 rings (SSSR count). The van der Waals surface area contributed by atoms with Crippen LogP contribution in [0.2, 0.25) is 0 Å². The number of nitrogens with zero attached hydrogens (tertiary/aromatic N) is 3. The van der Waals surface area contributed by atoms with Crippen LogP contribution in [-0.4, -0.2) is 23.1 Å². The van der Waals surface area contributed by atoms with Crippen molar-refractivity contribution in [3.8, 4) is 0 Å². The Labute approximate surface area is 144 Å². The molecule has 1 aliphatic rings. The largest absolute Gasteiger partial charge is 0.355 e. The third-order valence-corrected chi connectivity index (χ3v) is 5.70. The molecule has 2 aromatic heterocycles. The molecule has 2 aromatic rings. The maximum atomic E-state index is 4.73. The van der Waals surface area contributed by atoms with Gasteiger partial charge in [0, 0.05) is 18.0 Å². The highest BCUT2D eigenvalue weighted by atomic mass is 32.1. The maximum Gasteiger partial charge on any atom is 0.141 e. The Morgan fingerprint density at radius 3 is 2.52 bits per heavy atom. The smallest absolute Gasteiger partial charge is 0.141 e. The fourth-order valence-electron chi connectivity index (χ4n) is 3.63. The number of hydrogen-bond acceptors (Lipinski definition) is 4. The Kier molecular flexibility index (Phi) is 4.90. The minimum atomic E-state index is 0.633. The molecule has 0 amide bonds. The van der Waals surface area contributed by atoms with Gasteiger partial charge < -0.3 is 4.90 Å². The van der Waals surface area contributed by atoms with E-state index in [4.69, 9.17) is 4.98 Å². The molecule has 0 radical (unpaired) electrons. The average Bonchev–Trinajstić information content (AvgIpc) is 2.82. The Morgan fingerprint density at radius 2 is 1.87 bits per heavy atom. The quantitative estimate of drug-likeness (QED) is 0.777. The highest BCUT2D eigenvalue weighted by Gasteiger charge is 2.25. The molecule has 3 nitrogen and oxygen atoms in total. The summed E-state index contributed by atoms with van der Waals surface area (Å²) in [6.07, 6.45) is 5.45. The molecule has 1 unspecified atom stereocenters. The molecule has 0 fully saturated rings. The number of hydrogen-bond donors (Lipinski definition) is 0. The van der Waals surface area contributed by atoms with Crippen LogP contribution in [-0.2, 0) is 12.8 Å². The first-order valence-electron chi connectivity index (χ1n) is 8.95. The number of aromatic nitrogens is 2. The second-order valence-electron chi connectivity index (χ2n) is 7.92. The van der Waals surface area contributed by atoms with E-state index in [9.17, 15) is 0 Å². The van der Waals surface area contributed by atoms with Gasteiger partial charge in [0.05, 0.1) is 5.39 Å². The monoisotopic (exact) mass is 331 g/mol. The van der Waals surface area contributed by atoms with Crippen LogP contribution in [0.3, 0.4) is 0 Å². The standard InChI is InChI=1S/C19H29N3S/c1-12(2)9-22(10-13(3)4)18-17-15-7-6-14(5)8-16(15)23-19(17)21-11-20-18/h11-14H,6-10H2,1-5H3. The van der Waals surface area contributed by atoms with Crippen molar-refractivity contribution in [1.29, 1.82) is 0 Å². The normalized spacial score (nSPS) is 18.0. The van der Waals surface area contributed by atoms with Crippen LogP contribution in [0.1, 0.15) is 51.5 Å². The molecule has 0 N–H and O–H groups in total. The lowest BCUT2D eigenvalue weighted by Gasteiger charge is -2.28. The van der Waals surface area contributed by atoms with E-state index in [0.29, 0.717) is 11.8 Å². The molecule has 0 aliphatic heterocycles. The minimum Gasteiger partial charge on any atom is -0.355 e. The maximum absolute atomic E-state index is 4.73. The van der Waals surface area contributed by atoms with Crippen LogP contribution in [0.5, 0.6) is 0 Å². The molecule has 0 spiro atoms. The Hall–Kier alpha value is -1.16. The highest BCUT2D eigenvalue weighted by molar-refractivity contribution is 7.19. The van der Waals surface area contributed by atoms with Crippen molar-refractivity contribution in [3.63, 3.8) is 0 Å². The molecule has 0 aromatic carbocycles. The van der Waals surface area contributed by atoms with Crippen molar-refractivity contribution < 1.29 is 0 Å². The van der Waals surface area contributed by atoms with E-state index in [0.717, 1.165) is 19.0 Å². The van der Waals surface area contributed by atoms with Crippen LogP contribution in [0.25, 0.3) is 10.2 Å². The van der Waals surface area contributed by atoms with Gasteiger partial charge in [-0.1, -0.05) is 34.6 Å². The van der Waals surface area contributed by atoms with Gasteiger partial charge in [0.1, 0.15) is 17.0 Å². The van der Waals surface area contributed by atoms with Crippen LogP contribution in [0, 0.1) is 17.8 Å². The van der Waals surface area contributed by atoms with E-state index < -0.39 is 0 Å². The molecular formula is C19H29N3S. The van der Waals surface area contributed by atoms with Gasteiger partial charge in [-0.05, 0) is 42.6 Å². The van der Waals surface area contributed by atoms with Crippen molar-refractivity contribution in [2.45, 2.75) is 53.9 Å². The van der Waals surface area contributed by atoms with Crippen LogP contribution in [0.4, 0.5) is 5.82 Å². The zero-order chi connectivity index (χ0) is 16.6. The van der Waals surface area contributed by atoms with Gasteiger partial charge in [-0.15, -0.1) is 11.3 Å². The fourth-order valence-corrected chi connectivity index (χ4v) is 4.97. The molecule has 0 saturated carbocycles. The SMILES string of the molecule is CC(C)CN(CC(C)C)c1ncnc2sc3c(c12)CCC(C)C3. The van der Waals surface area contributed by atoms with Gasteiger partial charge in [0.15, 0.2) is 0 Å². The summed E-state index contributed by atoms with van der Waals surface area (Å²) in [5.74, 6) is 3.24. The van der Waals surface area contributed by atoms with E-state index in [1.807, 2.05) is 11.3 Å². The molecule has 126 valence electrons. The number of thiophene rings is 1.